The predicted molar refractivity (Wildman–Crippen MR) is 120 cm³/mol. The molecule has 1 aliphatic rings. The van der Waals surface area contributed by atoms with E-state index in [-0.39, 0.29) is 11.8 Å². The fourth-order valence-corrected chi connectivity index (χ4v) is 4.25. The van der Waals surface area contributed by atoms with E-state index in [1.54, 1.807) is 7.11 Å². The van der Waals surface area contributed by atoms with Crippen LogP contribution in [0.2, 0.25) is 0 Å². The standard InChI is InChI=1S/C26H28N2O2/c1-30-24-14-8-13-23(17-24)27-26(29)22-15-16-25(21-11-6-3-7-12-21)28(19-22)18-20-9-4-2-5-10-20/h2-14,17,22,25H,15-16,18-19H2,1H3,(H,27,29). The minimum atomic E-state index is -0.0418. The Morgan fingerprint density at radius 1 is 0.967 bits per heavy atom. The topological polar surface area (TPSA) is 41.6 Å². The van der Waals surface area contributed by atoms with Gasteiger partial charge in [-0.1, -0.05) is 66.7 Å². The Balaban J connectivity index is 1.50. The van der Waals surface area contributed by atoms with E-state index < -0.39 is 0 Å². The summed E-state index contributed by atoms with van der Waals surface area (Å²) in [5.41, 5.74) is 3.37. The van der Waals surface area contributed by atoms with E-state index in [2.05, 4.69) is 64.8 Å². The molecule has 1 N–H and O–H groups in total. The lowest BCUT2D eigenvalue weighted by Gasteiger charge is -2.39. The Bertz CT molecular complexity index is 959. The maximum absolute atomic E-state index is 13.0. The first-order chi connectivity index (χ1) is 14.7. The Labute approximate surface area is 178 Å². The average Bonchev–Trinajstić information content (AvgIpc) is 2.80. The van der Waals surface area contributed by atoms with Gasteiger partial charge in [0.1, 0.15) is 5.75 Å². The number of methoxy groups -OCH3 is 1. The van der Waals surface area contributed by atoms with Crippen molar-refractivity contribution in [1.82, 2.24) is 4.90 Å². The molecule has 2 atom stereocenters. The van der Waals surface area contributed by atoms with Gasteiger partial charge in [-0.15, -0.1) is 0 Å². The minimum absolute atomic E-state index is 0.0418. The van der Waals surface area contributed by atoms with Crippen LogP contribution < -0.4 is 10.1 Å². The second-order valence-corrected chi connectivity index (χ2v) is 7.84. The highest BCUT2D eigenvalue weighted by Crippen LogP contribution is 2.35. The number of ether oxygens (including phenoxy) is 1. The van der Waals surface area contributed by atoms with Crippen molar-refractivity contribution in [3.8, 4) is 5.75 Å². The zero-order valence-electron chi connectivity index (χ0n) is 17.3. The van der Waals surface area contributed by atoms with Crippen LogP contribution >= 0.6 is 0 Å². The molecule has 4 nitrogen and oxygen atoms in total. The van der Waals surface area contributed by atoms with Crippen molar-refractivity contribution in [3.05, 3.63) is 96.1 Å². The van der Waals surface area contributed by atoms with E-state index in [9.17, 15) is 4.79 Å². The number of nitrogens with one attached hydrogen (secondary N) is 1. The summed E-state index contributed by atoms with van der Waals surface area (Å²) in [5, 5.41) is 3.08. The smallest absolute Gasteiger partial charge is 0.228 e. The van der Waals surface area contributed by atoms with Crippen LogP contribution in [-0.4, -0.2) is 24.5 Å². The molecule has 3 aromatic rings. The average molecular weight is 401 g/mol. The molecule has 4 heteroatoms. The van der Waals surface area contributed by atoms with Crippen LogP contribution in [0.3, 0.4) is 0 Å². The van der Waals surface area contributed by atoms with E-state index in [0.29, 0.717) is 6.04 Å². The third-order valence-electron chi connectivity index (χ3n) is 5.81. The lowest BCUT2D eigenvalue weighted by Crippen LogP contribution is -2.42. The van der Waals surface area contributed by atoms with Crippen molar-refractivity contribution < 1.29 is 9.53 Å². The molecule has 1 aliphatic heterocycles. The quantitative estimate of drug-likeness (QED) is 0.611. The van der Waals surface area contributed by atoms with E-state index in [1.807, 2.05) is 30.3 Å². The number of hydrogen-bond acceptors (Lipinski definition) is 3. The van der Waals surface area contributed by atoms with Crippen molar-refractivity contribution in [1.29, 1.82) is 0 Å². The number of carbonyl (C=O) groups excluding carboxylic acids is 1. The van der Waals surface area contributed by atoms with Gasteiger partial charge in [0.2, 0.25) is 5.91 Å². The van der Waals surface area contributed by atoms with Gasteiger partial charge in [-0.25, -0.2) is 0 Å². The minimum Gasteiger partial charge on any atom is -0.497 e. The van der Waals surface area contributed by atoms with E-state index >= 15 is 0 Å². The fourth-order valence-electron chi connectivity index (χ4n) is 4.25. The van der Waals surface area contributed by atoms with Crippen LogP contribution in [0.25, 0.3) is 0 Å². The third kappa shape index (κ3) is 4.89. The van der Waals surface area contributed by atoms with E-state index in [1.165, 1.54) is 11.1 Å². The molecule has 3 aromatic carbocycles. The van der Waals surface area contributed by atoms with E-state index in [4.69, 9.17) is 4.74 Å². The highest BCUT2D eigenvalue weighted by atomic mass is 16.5. The molecule has 1 heterocycles. The predicted octanol–water partition coefficient (Wildman–Crippen LogP) is 5.29. The molecule has 0 aromatic heterocycles. The number of hydrogen-bond donors (Lipinski definition) is 1. The SMILES string of the molecule is COc1cccc(NC(=O)C2CCC(c3ccccc3)N(Cc3ccccc3)C2)c1. The van der Waals surface area contributed by atoms with Crippen LogP contribution in [-0.2, 0) is 11.3 Å². The summed E-state index contributed by atoms with van der Waals surface area (Å²) in [4.78, 5) is 15.5. The van der Waals surface area contributed by atoms with Gasteiger partial charge in [0, 0.05) is 30.9 Å². The van der Waals surface area contributed by atoms with Gasteiger partial charge in [0.05, 0.1) is 13.0 Å². The van der Waals surface area contributed by atoms with Crippen molar-refractivity contribution in [2.75, 3.05) is 19.0 Å². The number of nitrogens with zero attached hydrogens (tertiary/aromatic N) is 1. The highest BCUT2D eigenvalue weighted by molar-refractivity contribution is 5.93. The highest BCUT2D eigenvalue weighted by Gasteiger charge is 2.32. The van der Waals surface area contributed by atoms with Gasteiger partial charge in [0.15, 0.2) is 0 Å². The largest absolute Gasteiger partial charge is 0.497 e. The summed E-state index contributed by atoms with van der Waals surface area (Å²) < 4.78 is 5.27. The number of piperidine rings is 1. The summed E-state index contributed by atoms with van der Waals surface area (Å²) in [5.74, 6) is 0.777. The Hall–Kier alpha value is -3.11. The normalized spacial score (nSPS) is 19.2. The van der Waals surface area contributed by atoms with Crippen LogP contribution in [0.1, 0.15) is 30.0 Å². The molecule has 0 radical (unpaired) electrons. The molecule has 1 saturated heterocycles. The Morgan fingerprint density at radius 3 is 2.43 bits per heavy atom. The summed E-state index contributed by atoms with van der Waals surface area (Å²) in [6.07, 6.45) is 1.84. The van der Waals surface area contributed by atoms with Gasteiger partial charge in [-0.2, -0.15) is 0 Å². The number of amides is 1. The Morgan fingerprint density at radius 2 is 1.70 bits per heavy atom. The molecule has 4 rings (SSSR count). The number of benzene rings is 3. The van der Waals surface area contributed by atoms with Crippen LogP contribution in [0.4, 0.5) is 5.69 Å². The number of anilines is 1. The van der Waals surface area contributed by atoms with Gasteiger partial charge in [-0.05, 0) is 36.1 Å². The van der Waals surface area contributed by atoms with Gasteiger partial charge >= 0.3 is 0 Å². The maximum Gasteiger partial charge on any atom is 0.228 e. The zero-order chi connectivity index (χ0) is 20.8. The summed E-state index contributed by atoms with van der Waals surface area (Å²) in [6.45, 7) is 1.58. The summed E-state index contributed by atoms with van der Waals surface area (Å²) in [6, 6.07) is 29.0. The molecule has 0 bridgehead atoms. The first-order valence-corrected chi connectivity index (χ1v) is 10.5. The fraction of sp³-hybridized carbons (Fsp3) is 0.269. The molecular weight excluding hydrogens is 372 g/mol. The monoisotopic (exact) mass is 400 g/mol. The van der Waals surface area contributed by atoms with Crippen LogP contribution in [0.15, 0.2) is 84.9 Å². The summed E-state index contributed by atoms with van der Waals surface area (Å²) >= 11 is 0. The maximum atomic E-state index is 13.0. The van der Waals surface area contributed by atoms with Crippen LogP contribution in [0, 0.1) is 5.92 Å². The van der Waals surface area contributed by atoms with Crippen molar-refractivity contribution in [3.63, 3.8) is 0 Å². The number of carbonyl (C=O) groups is 1. The van der Waals surface area contributed by atoms with Gasteiger partial charge in [-0.3, -0.25) is 9.69 Å². The number of rotatable bonds is 6. The van der Waals surface area contributed by atoms with Crippen molar-refractivity contribution in [2.45, 2.75) is 25.4 Å². The van der Waals surface area contributed by atoms with E-state index in [0.717, 1.165) is 37.4 Å². The molecule has 0 saturated carbocycles. The zero-order valence-corrected chi connectivity index (χ0v) is 17.3. The third-order valence-corrected chi connectivity index (χ3v) is 5.81. The van der Waals surface area contributed by atoms with Gasteiger partial charge in [0.25, 0.3) is 0 Å². The molecule has 154 valence electrons. The lowest BCUT2D eigenvalue weighted by molar-refractivity contribution is -0.122. The molecular formula is C26H28N2O2. The lowest BCUT2D eigenvalue weighted by atomic mass is 9.88. The van der Waals surface area contributed by atoms with Crippen LogP contribution in [0.5, 0.6) is 5.75 Å². The second kappa shape index (κ2) is 9.59. The first kappa shape index (κ1) is 20.2. The molecule has 0 spiro atoms. The molecule has 1 amide bonds. The summed E-state index contributed by atoms with van der Waals surface area (Å²) in [7, 11) is 1.63. The van der Waals surface area contributed by atoms with Crippen molar-refractivity contribution >= 4 is 11.6 Å². The molecule has 1 fully saturated rings. The molecule has 2 unspecified atom stereocenters. The first-order valence-electron chi connectivity index (χ1n) is 10.5. The molecule has 0 aliphatic carbocycles. The molecule has 30 heavy (non-hydrogen) atoms. The second-order valence-electron chi connectivity index (χ2n) is 7.84. The number of likely N-dealkylation sites (tertiary alicyclic amines) is 1. The van der Waals surface area contributed by atoms with Gasteiger partial charge < -0.3 is 10.1 Å². The Kier molecular flexibility index (Phi) is 6.45. The van der Waals surface area contributed by atoms with Crippen molar-refractivity contribution in [2.24, 2.45) is 5.92 Å².